The van der Waals surface area contributed by atoms with Crippen LogP contribution >= 0.6 is 0 Å². The average Bonchev–Trinajstić information content (AvgIpc) is 2.83. The van der Waals surface area contributed by atoms with E-state index in [1.165, 1.54) is 0 Å². The summed E-state index contributed by atoms with van der Waals surface area (Å²) in [6.07, 6.45) is 0.772. The fourth-order valence-corrected chi connectivity index (χ4v) is 4.26. The summed E-state index contributed by atoms with van der Waals surface area (Å²) < 4.78 is 5.37. The quantitative estimate of drug-likeness (QED) is 0.394. The number of aryl methyl sites for hydroxylation is 3. The van der Waals surface area contributed by atoms with Crippen molar-refractivity contribution in [2.45, 2.75) is 105 Å². The van der Waals surface area contributed by atoms with E-state index >= 15 is 0 Å². The largest absolute Gasteiger partial charge is 0.444 e. The minimum absolute atomic E-state index is 0.314. The molecule has 2 rings (SSSR count). The molecule has 0 aliphatic carbocycles. The Morgan fingerprint density at radius 2 is 1.47 bits per heavy atom. The van der Waals surface area contributed by atoms with Gasteiger partial charge in [-0.15, -0.1) is 0 Å². The van der Waals surface area contributed by atoms with Crippen LogP contribution in [0.1, 0.15) is 90.1 Å². The molecule has 0 saturated heterocycles. The van der Waals surface area contributed by atoms with E-state index < -0.39 is 29.3 Å². The number of benzene rings is 2. The Balaban J connectivity index is 2.59. The third kappa shape index (κ3) is 7.83. The van der Waals surface area contributed by atoms with E-state index in [1.54, 1.807) is 32.6 Å². The zero-order valence-electron chi connectivity index (χ0n) is 24.7. The molecule has 2 aromatic rings. The lowest BCUT2D eigenvalue weighted by molar-refractivity contribution is -0.147. The van der Waals surface area contributed by atoms with E-state index in [-0.39, 0.29) is 11.8 Å². The monoisotopic (exact) mass is 523 g/mol. The third-order valence-electron chi connectivity index (χ3n) is 6.80. The summed E-state index contributed by atoms with van der Waals surface area (Å²) in [7, 11) is 0. The summed E-state index contributed by atoms with van der Waals surface area (Å²) in [6.45, 7) is 18.7. The first-order valence-electron chi connectivity index (χ1n) is 13.4. The van der Waals surface area contributed by atoms with E-state index in [1.807, 2.05) is 77.1 Å². The van der Waals surface area contributed by atoms with Crippen LogP contribution in [0.25, 0.3) is 0 Å². The van der Waals surface area contributed by atoms with E-state index in [0.717, 1.165) is 28.8 Å². The zero-order chi connectivity index (χ0) is 28.8. The first-order valence-corrected chi connectivity index (χ1v) is 13.4. The van der Waals surface area contributed by atoms with Crippen LogP contribution in [0, 0.1) is 13.8 Å². The fourth-order valence-electron chi connectivity index (χ4n) is 4.26. The molecule has 7 heteroatoms. The number of anilines is 1. The van der Waals surface area contributed by atoms with Crippen molar-refractivity contribution in [3.05, 3.63) is 64.7 Å². The van der Waals surface area contributed by atoms with Crippen molar-refractivity contribution in [2.75, 3.05) is 5.32 Å². The van der Waals surface area contributed by atoms with Crippen LogP contribution in [0.3, 0.4) is 0 Å². The number of nitrogens with zero attached hydrogens (tertiary/aromatic N) is 1. The molecule has 0 aliphatic rings. The van der Waals surface area contributed by atoms with E-state index in [4.69, 9.17) is 4.74 Å². The lowest BCUT2D eigenvalue weighted by Crippen LogP contribution is -2.58. The van der Waals surface area contributed by atoms with Crippen LogP contribution in [0.15, 0.2) is 42.5 Å². The molecule has 0 bridgehead atoms. The predicted octanol–water partition coefficient (Wildman–Crippen LogP) is 6.48. The maximum absolute atomic E-state index is 14.1. The number of rotatable bonds is 9. The minimum atomic E-state index is -0.926. The van der Waals surface area contributed by atoms with Crippen LogP contribution in [0.5, 0.6) is 0 Å². The van der Waals surface area contributed by atoms with Gasteiger partial charge in [-0.1, -0.05) is 56.3 Å². The van der Waals surface area contributed by atoms with Gasteiger partial charge in [0.15, 0.2) is 0 Å². The molecule has 0 saturated carbocycles. The summed E-state index contributed by atoms with van der Waals surface area (Å²) in [6, 6.07) is 11.8. The molecule has 7 nitrogen and oxygen atoms in total. The minimum Gasteiger partial charge on any atom is -0.444 e. The number of carbonyl (C=O) groups is 3. The number of nitrogens with one attached hydrogen (secondary N) is 2. The second-order valence-corrected chi connectivity index (χ2v) is 11.5. The van der Waals surface area contributed by atoms with Gasteiger partial charge in [0, 0.05) is 11.2 Å². The Morgan fingerprint density at radius 1 is 0.921 bits per heavy atom. The molecule has 2 N–H and O–H groups in total. The highest BCUT2D eigenvalue weighted by Gasteiger charge is 2.42. The summed E-state index contributed by atoms with van der Waals surface area (Å²) >= 11 is 0. The highest BCUT2D eigenvalue weighted by Crippen LogP contribution is 2.34. The Morgan fingerprint density at radius 3 is 1.95 bits per heavy atom. The molecular formula is C31H45N3O4. The van der Waals surface area contributed by atoms with Gasteiger partial charge in [-0.3, -0.25) is 9.59 Å². The molecule has 0 spiro atoms. The van der Waals surface area contributed by atoms with Crippen LogP contribution in [0.2, 0.25) is 0 Å². The number of ether oxygens (including phenoxy) is 1. The van der Waals surface area contributed by atoms with Crippen molar-refractivity contribution in [3.63, 3.8) is 0 Å². The number of hydrogen-bond donors (Lipinski definition) is 2. The highest BCUT2D eigenvalue weighted by atomic mass is 16.6. The van der Waals surface area contributed by atoms with Crippen LogP contribution in [-0.2, 0) is 20.7 Å². The Hall–Kier alpha value is -3.35. The van der Waals surface area contributed by atoms with Crippen molar-refractivity contribution in [1.29, 1.82) is 0 Å². The SMILES string of the molecule is CCc1ccc(C(C(=O)Nc2c(C)cccc2C)N(C(=O)C(C)NC(=O)OC(C)(C)C)C(C)(C)CC)cc1. The summed E-state index contributed by atoms with van der Waals surface area (Å²) in [5.74, 6) is -0.685. The molecule has 0 aromatic heterocycles. The topological polar surface area (TPSA) is 87.7 Å². The zero-order valence-corrected chi connectivity index (χ0v) is 24.7. The first-order chi connectivity index (χ1) is 17.6. The molecular weight excluding hydrogens is 478 g/mol. The maximum Gasteiger partial charge on any atom is 0.408 e. The Bertz CT molecular complexity index is 1110. The van der Waals surface area contributed by atoms with Gasteiger partial charge in [-0.2, -0.15) is 0 Å². The number of carbonyl (C=O) groups excluding carboxylic acids is 3. The van der Waals surface area contributed by atoms with Crippen molar-refractivity contribution in [2.24, 2.45) is 0 Å². The Kier molecular flexibility index (Phi) is 10.1. The molecule has 208 valence electrons. The van der Waals surface area contributed by atoms with Crippen molar-refractivity contribution >= 4 is 23.6 Å². The van der Waals surface area contributed by atoms with Gasteiger partial charge in [-0.05, 0) is 90.5 Å². The molecule has 0 aliphatic heterocycles. The van der Waals surface area contributed by atoms with E-state index in [9.17, 15) is 14.4 Å². The van der Waals surface area contributed by atoms with Crippen LogP contribution in [-0.4, -0.2) is 40.0 Å². The predicted molar refractivity (Wildman–Crippen MR) is 153 cm³/mol. The van der Waals surface area contributed by atoms with Gasteiger partial charge >= 0.3 is 6.09 Å². The molecule has 3 amide bonds. The molecule has 0 fully saturated rings. The lowest BCUT2D eigenvalue weighted by atomic mass is 9.91. The number of amides is 3. The molecule has 2 unspecified atom stereocenters. The van der Waals surface area contributed by atoms with Gasteiger partial charge in [0.25, 0.3) is 5.91 Å². The average molecular weight is 524 g/mol. The van der Waals surface area contributed by atoms with Gasteiger partial charge in [0.1, 0.15) is 17.7 Å². The maximum atomic E-state index is 14.1. The van der Waals surface area contributed by atoms with Gasteiger partial charge < -0.3 is 20.3 Å². The van der Waals surface area contributed by atoms with Crippen LogP contribution in [0.4, 0.5) is 10.5 Å². The molecule has 0 heterocycles. The number of hydrogen-bond acceptors (Lipinski definition) is 4. The highest BCUT2D eigenvalue weighted by molar-refractivity contribution is 6.00. The van der Waals surface area contributed by atoms with Gasteiger partial charge in [0.05, 0.1) is 0 Å². The van der Waals surface area contributed by atoms with Crippen molar-refractivity contribution in [1.82, 2.24) is 10.2 Å². The molecule has 0 radical (unpaired) electrons. The van der Waals surface area contributed by atoms with E-state index in [2.05, 4.69) is 17.6 Å². The molecule has 2 atom stereocenters. The summed E-state index contributed by atoms with van der Waals surface area (Å²) in [5, 5.41) is 5.76. The summed E-state index contributed by atoms with van der Waals surface area (Å²) in [4.78, 5) is 42.3. The molecule has 38 heavy (non-hydrogen) atoms. The second kappa shape index (κ2) is 12.5. The normalized spacial score (nSPS) is 13.3. The van der Waals surface area contributed by atoms with Gasteiger partial charge in [0.2, 0.25) is 5.91 Å². The lowest BCUT2D eigenvalue weighted by Gasteiger charge is -2.44. The fraction of sp³-hybridized carbons (Fsp3) is 0.516. The number of para-hydroxylation sites is 1. The smallest absolute Gasteiger partial charge is 0.408 e. The van der Waals surface area contributed by atoms with Crippen molar-refractivity contribution < 1.29 is 19.1 Å². The number of alkyl carbamates (subject to hydrolysis) is 1. The first kappa shape index (κ1) is 30.9. The van der Waals surface area contributed by atoms with Gasteiger partial charge in [-0.25, -0.2) is 4.79 Å². The standard InChI is InChI=1S/C31H45N3O4/c1-11-23-16-18-24(19-17-23)26(27(35)33-25-20(3)14-13-15-21(25)4)34(31(9,10)12-2)28(36)22(5)32-29(37)38-30(6,7)8/h13-19,22,26H,11-12H2,1-10H3,(H,32,37)(H,33,35). The van der Waals surface area contributed by atoms with Crippen molar-refractivity contribution in [3.8, 4) is 0 Å². The summed E-state index contributed by atoms with van der Waals surface area (Å²) in [5.41, 5.74) is 3.03. The molecule has 2 aromatic carbocycles. The Labute approximate surface area is 228 Å². The third-order valence-corrected chi connectivity index (χ3v) is 6.80. The van der Waals surface area contributed by atoms with E-state index in [0.29, 0.717) is 12.0 Å². The second-order valence-electron chi connectivity index (χ2n) is 11.5. The van der Waals surface area contributed by atoms with Crippen LogP contribution < -0.4 is 10.6 Å².